The van der Waals surface area contributed by atoms with Gasteiger partial charge >= 0.3 is 0 Å². The molecular weight excluding hydrogens is 182 g/mol. The molecule has 13 heavy (non-hydrogen) atoms. The van der Waals surface area contributed by atoms with E-state index in [0.717, 1.165) is 6.42 Å². The van der Waals surface area contributed by atoms with Crippen LogP contribution in [0.5, 0.6) is 0 Å². The highest BCUT2D eigenvalue weighted by atomic mass is 32.2. The summed E-state index contributed by atoms with van der Waals surface area (Å²) in [4.78, 5) is 0. The number of hydrogen-bond acceptors (Lipinski definition) is 3. The summed E-state index contributed by atoms with van der Waals surface area (Å²) in [5.74, 6) is 1.19. The molecular formula is C10H21NOS. The maximum atomic E-state index is 5.41. The molecule has 3 heteroatoms. The van der Waals surface area contributed by atoms with E-state index in [4.69, 9.17) is 4.74 Å². The van der Waals surface area contributed by atoms with E-state index in [1.54, 1.807) is 7.11 Å². The van der Waals surface area contributed by atoms with Crippen LogP contribution in [-0.2, 0) is 4.74 Å². The van der Waals surface area contributed by atoms with Gasteiger partial charge in [-0.3, -0.25) is 5.32 Å². The van der Waals surface area contributed by atoms with Crippen molar-refractivity contribution in [1.29, 1.82) is 0 Å². The summed E-state index contributed by atoms with van der Waals surface area (Å²) >= 11 is 2.00. The fraction of sp³-hybridized carbons (Fsp3) is 1.00. The molecule has 1 rings (SSSR count). The molecule has 1 N–H and O–H groups in total. The van der Waals surface area contributed by atoms with Crippen molar-refractivity contribution in [3.05, 3.63) is 0 Å². The molecule has 1 fully saturated rings. The van der Waals surface area contributed by atoms with Gasteiger partial charge in [-0.25, -0.2) is 0 Å². The lowest BCUT2D eigenvalue weighted by molar-refractivity contribution is 0.0130. The number of nitrogens with one attached hydrogen (secondary N) is 1. The van der Waals surface area contributed by atoms with E-state index in [9.17, 15) is 0 Å². The molecule has 0 amide bonds. The minimum atomic E-state index is -0.00884. The number of ether oxygens (including phenoxy) is 1. The molecule has 1 saturated heterocycles. The Bertz CT molecular complexity index is 180. The minimum absolute atomic E-state index is 0.00884. The Labute approximate surface area is 85.8 Å². The molecule has 1 unspecified atom stereocenters. The lowest BCUT2D eigenvalue weighted by atomic mass is 10.0. The molecule has 0 aromatic heterocycles. The highest BCUT2D eigenvalue weighted by Gasteiger charge is 2.33. The summed E-state index contributed by atoms with van der Waals surface area (Å²) in [6, 6.07) is 0. The van der Waals surface area contributed by atoms with Gasteiger partial charge in [-0.1, -0.05) is 0 Å². The van der Waals surface area contributed by atoms with Gasteiger partial charge in [0.1, 0.15) is 0 Å². The molecule has 0 aliphatic carbocycles. The average Bonchev–Trinajstić information content (AvgIpc) is 2.29. The number of hydrogen-bond donors (Lipinski definition) is 1. The van der Waals surface area contributed by atoms with Crippen LogP contribution in [0, 0.1) is 0 Å². The second-order valence-electron chi connectivity index (χ2n) is 5.00. The maximum absolute atomic E-state index is 5.41. The molecule has 1 heterocycles. The first-order valence-corrected chi connectivity index (χ1v) is 5.84. The van der Waals surface area contributed by atoms with Crippen molar-refractivity contribution < 1.29 is 4.74 Å². The van der Waals surface area contributed by atoms with Crippen LogP contribution in [0.3, 0.4) is 0 Å². The highest BCUT2D eigenvalue weighted by molar-refractivity contribution is 8.00. The van der Waals surface area contributed by atoms with Crippen LogP contribution in [0.2, 0.25) is 0 Å². The van der Waals surface area contributed by atoms with Crippen molar-refractivity contribution in [3.63, 3.8) is 0 Å². The Kier molecular flexibility index (Phi) is 3.31. The van der Waals surface area contributed by atoms with Gasteiger partial charge in [0.05, 0.1) is 11.0 Å². The van der Waals surface area contributed by atoms with Crippen LogP contribution in [-0.4, -0.2) is 29.4 Å². The molecule has 0 bridgehead atoms. The second-order valence-corrected chi connectivity index (χ2v) is 6.19. The normalized spacial score (nSPS) is 27.9. The van der Waals surface area contributed by atoms with Gasteiger partial charge in [-0.2, -0.15) is 0 Å². The summed E-state index contributed by atoms with van der Waals surface area (Å²) < 4.78 is 5.41. The Morgan fingerprint density at radius 3 is 2.54 bits per heavy atom. The quantitative estimate of drug-likeness (QED) is 0.760. The topological polar surface area (TPSA) is 21.3 Å². The van der Waals surface area contributed by atoms with Crippen molar-refractivity contribution in [2.24, 2.45) is 0 Å². The Hall–Kier alpha value is 0.270. The Morgan fingerprint density at radius 2 is 2.15 bits per heavy atom. The van der Waals surface area contributed by atoms with E-state index >= 15 is 0 Å². The van der Waals surface area contributed by atoms with E-state index in [0.29, 0.717) is 10.9 Å². The van der Waals surface area contributed by atoms with E-state index in [-0.39, 0.29) is 5.60 Å². The smallest absolute Gasteiger partial charge is 0.0645 e. The summed E-state index contributed by atoms with van der Waals surface area (Å²) in [7, 11) is 1.78. The second kappa shape index (κ2) is 3.79. The first-order chi connectivity index (χ1) is 5.85. The van der Waals surface area contributed by atoms with Gasteiger partial charge in [-0.05, 0) is 27.7 Å². The van der Waals surface area contributed by atoms with Gasteiger partial charge in [0.15, 0.2) is 0 Å². The molecule has 0 radical (unpaired) electrons. The average molecular weight is 203 g/mol. The summed E-state index contributed by atoms with van der Waals surface area (Å²) in [6.45, 7) is 8.78. The summed E-state index contributed by atoms with van der Waals surface area (Å²) in [5, 5.41) is 4.15. The Balaban J connectivity index is 2.40. The van der Waals surface area contributed by atoms with Gasteiger partial charge < -0.3 is 4.74 Å². The van der Waals surface area contributed by atoms with E-state index in [1.807, 2.05) is 11.8 Å². The lowest BCUT2D eigenvalue weighted by Crippen LogP contribution is -2.41. The first kappa shape index (κ1) is 11.3. The van der Waals surface area contributed by atoms with E-state index < -0.39 is 0 Å². The zero-order valence-corrected chi connectivity index (χ0v) is 10.1. The van der Waals surface area contributed by atoms with Crippen molar-refractivity contribution >= 4 is 11.8 Å². The van der Waals surface area contributed by atoms with Crippen LogP contribution in [0.4, 0.5) is 0 Å². The first-order valence-electron chi connectivity index (χ1n) is 4.79. The SMILES string of the molecule is COC(C)(C)CC1NC(C)(C)CS1. The van der Waals surface area contributed by atoms with Crippen molar-refractivity contribution in [1.82, 2.24) is 5.32 Å². The van der Waals surface area contributed by atoms with Crippen LogP contribution in [0.15, 0.2) is 0 Å². The van der Waals surface area contributed by atoms with Gasteiger partial charge in [0, 0.05) is 24.8 Å². The fourth-order valence-corrected chi connectivity index (χ4v) is 3.09. The maximum Gasteiger partial charge on any atom is 0.0645 e. The number of methoxy groups -OCH3 is 1. The number of thioether (sulfide) groups is 1. The third kappa shape index (κ3) is 3.49. The zero-order chi connectivity index (χ0) is 10.1. The molecule has 0 aromatic carbocycles. The highest BCUT2D eigenvalue weighted by Crippen LogP contribution is 2.31. The van der Waals surface area contributed by atoms with Crippen LogP contribution in [0.25, 0.3) is 0 Å². The lowest BCUT2D eigenvalue weighted by Gasteiger charge is -2.27. The van der Waals surface area contributed by atoms with Crippen molar-refractivity contribution in [2.45, 2.75) is 50.6 Å². The van der Waals surface area contributed by atoms with Crippen LogP contribution in [0.1, 0.15) is 34.1 Å². The minimum Gasteiger partial charge on any atom is -0.379 e. The molecule has 0 saturated carbocycles. The van der Waals surface area contributed by atoms with Crippen molar-refractivity contribution in [2.75, 3.05) is 12.9 Å². The zero-order valence-electron chi connectivity index (χ0n) is 9.31. The predicted octanol–water partition coefficient (Wildman–Crippen LogP) is 2.24. The third-order valence-electron chi connectivity index (χ3n) is 2.43. The molecule has 0 spiro atoms. The van der Waals surface area contributed by atoms with Crippen LogP contribution < -0.4 is 5.32 Å². The monoisotopic (exact) mass is 203 g/mol. The third-order valence-corrected chi connectivity index (χ3v) is 4.00. The van der Waals surface area contributed by atoms with Gasteiger partial charge in [-0.15, -0.1) is 11.8 Å². The molecule has 1 aliphatic rings. The summed E-state index contributed by atoms with van der Waals surface area (Å²) in [6.07, 6.45) is 1.07. The predicted molar refractivity (Wildman–Crippen MR) is 59.2 cm³/mol. The standard InChI is InChI=1S/C10H21NOS/c1-9(2)7-13-8(11-9)6-10(3,4)12-5/h8,11H,6-7H2,1-5H3. The van der Waals surface area contributed by atoms with Gasteiger partial charge in [0.25, 0.3) is 0 Å². The van der Waals surface area contributed by atoms with Crippen molar-refractivity contribution in [3.8, 4) is 0 Å². The number of rotatable bonds is 3. The van der Waals surface area contributed by atoms with Crippen LogP contribution >= 0.6 is 11.8 Å². The largest absolute Gasteiger partial charge is 0.379 e. The molecule has 0 aromatic rings. The summed E-state index contributed by atoms with van der Waals surface area (Å²) in [5.41, 5.74) is 0.282. The Morgan fingerprint density at radius 1 is 1.54 bits per heavy atom. The molecule has 78 valence electrons. The molecule has 2 nitrogen and oxygen atoms in total. The molecule has 1 atom stereocenters. The van der Waals surface area contributed by atoms with Gasteiger partial charge in [0.2, 0.25) is 0 Å². The molecule has 1 aliphatic heterocycles. The fourth-order valence-electron chi connectivity index (χ4n) is 1.47. The van der Waals surface area contributed by atoms with E-state index in [2.05, 4.69) is 33.0 Å². The van der Waals surface area contributed by atoms with E-state index in [1.165, 1.54) is 5.75 Å².